The van der Waals surface area contributed by atoms with E-state index in [0.717, 1.165) is 16.5 Å². The molecule has 1 atom stereocenters. The van der Waals surface area contributed by atoms with Gasteiger partial charge in [0.1, 0.15) is 5.75 Å². The minimum atomic E-state index is -0.0574. The lowest BCUT2D eigenvalue weighted by atomic mass is 9.94. The molecule has 1 aromatic heterocycles. The number of nitrogens with two attached hydrogens (primary N) is 1. The summed E-state index contributed by atoms with van der Waals surface area (Å²) >= 11 is 0. The fourth-order valence-electron chi connectivity index (χ4n) is 1.81. The number of benzene rings is 1. The standard InChI is InChI=1S/C13H16N2O/c1-8(2)12(14)10-5-6-11(16)9-4-3-7-15-13(9)10/h3-8,12,16H,14H2,1-2H3. The Kier molecular flexibility index (Phi) is 2.79. The van der Waals surface area contributed by atoms with Gasteiger partial charge in [-0.1, -0.05) is 19.9 Å². The van der Waals surface area contributed by atoms with Gasteiger partial charge in [-0.15, -0.1) is 0 Å². The summed E-state index contributed by atoms with van der Waals surface area (Å²) in [6.07, 6.45) is 1.72. The monoisotopic (exact) mass is 216 g/mol. The number of phenols is 1. The molecule has 3 N–H and O–H groups in total. The lowest BCUT2D eigenvalue weighted by Gasteiger charge is -2.17. The van der Waals surface area contributed by atoms with Crippen LogP contribution in [-0.4, -0.2) is 10.1 Å². The van der Waals surface area contributed by atoms with E-state index in [9.17, 15) is 5.11 Å². The molecule has 1 unspecified atom stereocenters. The third-order valence-electron chi connectivity index (χ3n) is 2.86. The Morgan fingerprint density at radius 3 is 2.69 bits per heavy atom. The van der Waals surface area contributed by atoms with Crippen molar-refractivity contribution in [1.82, 2.24) is 4.98 Å². The largest absolute Gasteiger partial charge is 0.507 e. The van der Waals surface area contributed by atoms with Gasteiger partial charge in [-0.05, 0) is 29.7 Å². The first-order valence-electron chi connectivity index (χ1n) is 5.43. The molecule has 0 bridgehead atoms. The molecular weight excluding hydrogens is 200 g/mol. The van der Waals surface area contributed by atoms with Gasteiger partial charge in [0.2, 0.25) is 0 Å². The molecular formula is C13H16N2O. The van der Waals surface area contributed by atoms with Crippen LogP contribution in [0.3, 0.4) is 0 Å². The molecule has 0 amide bonds. The van der Waals surface area contributed by atoms with Crippen molar-refractivity contribution in [1.29, 1.82) is 0 Å². The van der Waals surface area contributed by atoms with Gasteiger partial charge in [-0.2, -0.15) is 0 Å². The van der Waals surface area contributed by atoms with Crippen LogP contribution in [0.4, 0.5) is 0 Å². The van der Waals surface area contributed by atoms with Crippen LogP contribution in [-0.2, 0) is 0 Å². The smallest absolute Gasteiger partial charge is 0.124 e. The molecule has 2 rings (SSSR count). The van der Waals surface area contributed by atoms with E-state index in [1.807, 2.05) is 18.2 Å². The highest BCUT2D eigenvalue weighted by atomic mass is 16.3. The van der Waals surface area contributed by atoms with Gasteiger partial charge in [-0.3, -0.25) is 4.98 Å². The zero-order valence-corrected chi connectivity index (χ0v) is 9.51. The summed E-state index contributed by atoms with van der Waals surface area (Å²) in [4.78, 5) is 4.31. The Hall–Kier alpha value is -1.61. The molecule has 84 valence electrons. The lowest BCUT2D eigenvalue weighted by molar-refractivity contribution is 0.479. The van der Waals surface area contributed by atoms with E-state index in [2.05, 4.69) is 18.8 Å². The van der Waals surface area contributed by atoms with Crippen LogP contribution in [0.1, 0.15) is 25.5 Å². The van der Waals surface area contributed by atoms with Crippen LogP contribution in [0, 0.1) is 5.92 Å². The van der Waals surface area contributed by atoms with Gasteiger partial charge in [0.25, 0.3) is 0 Å². The maximum atomic E-state index is 9.74. The van der Waals surface area contributed by atoms with Crippen molar-refractivity contribution in [2.45, 2.75) is 19.9 Å². The van der Waals surface area contributed by atoms with E-state index in [1.54, 1.807) is 12.3 Å². The molecule has 0 fully saturated rings. The molecule has 2 aromatic rings. The molecule has 0 aliphatic rings. The summed E-state index contributed by atoms with van der Waals surface area (Å²) in [7, 11) is 0. The summed E-state index contributed by atoms with van der Waals surface area (Å²) < 4.78 is 0. The average molecular weight is 216 g/mol. The van der Waals surface area contributed by atoms with E-state index in [0.29, 0.717) is 5.92 Å². The Balaban J connectivity index is 2.67. The molecule has 0 aliphatic heterocycles. The Morgan fingerprint density at radius 2 is 2.00 bits per heavy atom. The van der Waals surface area contributed by atoms with Crippen LogP contribution in [0.2, 0.25) is 0 Å². The third-order valence-corrected chi connectivity index (χ3v) is 2.86. The number of hydrogen-bond donors (Lipinski definition) is 2. The zero-order chi connectivity index (χ0) is 11.7. The summed E-state index contributed by atoms with van der Waals surface area (Å²) in [6.45, 7) is 4.15. The van der Waals surface area contributed by atoms with E-state index < -0.39 is 0 Å². The maximum Gasteiger partial charge on any atom is 0.124 e. The first kappa shape index (κ1) is 10.9. The number of rotatable bonds is 2. The first-order valence-corrected chi connectivity index (χ1v) is 5.43. The molecule has 0 spiro atoms. The summed E-state index contributed by atoms with van der Waals surface area (Å²) in [5, 5.41) is 10.5. The molecule has 0 aliphatic carbocycles. The van der Waals surface area contributed by atoms with Gasteiger partial charge in [0.05, 0.1) is 5.52 Å². The van der Waals surface area contributed by atoms with Gasteiger partial charge in [0.15, 0.2) is 0 Å². The SMILES string of the molecule is CC(C)C(N)c1ccc(O)c2cccnc12. The number of pyridine rings is 1. The highest BCUT2D eigenvalue weighted by molar-refractivity contribution is 5.87. The molecule has 0 saturated heterocycles. The van der Waals surface area contributed by atoms with Crippen molar-refractivity contribution in [2.75, 3.05) is 0 Å². The molecule has 16 heavy (non-hydrogen) atoms. The molecule has 0 saturated carbocycles. The van der Waals surface area contributed by atoms with Crippen LogP contribution in [0.5, 0.6) is 5.75 Å². The molecule has 3 nitrogen and oxygen atoms in total. The van der Waals surface area contributed by atoms with Crippen LogP contribution < -0.4 is 5.73 Å². The molecule has 0 radical (unpaired) electrons. The predicted octanol–water partition coefficient (Wildman–Crippen LogP) is 2.60. The van der Waals surface area contributed by atoms with Crippen molar-refractivity contribution in [3.8, 4) is 5.75 Å². The van der Waals surface area contributed by atoms with Crippen LogP contribution in [0.25, 0.3) is 10.9 Å². The first-order chi connectivity index (χ1) is 7.61. The Bertz CT molecular complexity index is 508. The number of fused-ring (bicyclic) bond motifs is 1. The van der Waals surface area contributed by atoms with E-state index in [4.69, 9.17) is 5.73 Å². The minimum Gasteiger partial charge on any atom is -0.507 e. The Labute approximate surface area is 94.9 Å². The maximum absolute atomic E-state index is 9.74. The Morgan fingerprint density at radius 1 is 1.25 bits per heavy atom. The summed E-state index contributed by atoms with van der Waals surface area (Å²) in [6, 6.07) is 7.15. The minimum absolute atomic E-state index is 0.0574. The summed E-state index contributed by atoms with van der Waals surface area (Å²) in [5.41, 5.74) is 7.92. The second-order valence-electron chi connectivity index (χ2n) is 4.34. The quantitative estimate of drug-likeness (QED) is 0.811. The highest BCUT2D eigenvalue weighted by Crippen LogP contribution is 2.30. The number of nitrogens with zero attached hydrogens (tertiary/aromatic N) is 1. The van der Waals surface area contributed by atoms with Gasteiger partial charge < -0.3 is 10.8 Å². The van der Waals surface area contributed by atoms with Crippen LogP contribution in [0.15, 0.2) is 30.5 Å². The van der Waals surface area contributed by atoms with E-state index >= 15 is 0 Å². The molecule has 1 aromatic carbocycles. The normalized spacial score (nSPS) is 13.2. The lowest BCUT2D eigenvalue weighted by Crippen LogP contribution is -2.17. The van der Waals surface area contributed by atoms with Gasteiger partial charge in [0, 0.05) is 17.6 Å². The van der Waals surface area contributed by atoms with Crippen molar-refractivity contribution in [3.63, 3.8) is 0 Å². The summed E-state index contributed by atoms with van der Waals surface area (Å²) in [5.74, 6) is 0.595. The number of hydrogen-bond acceptors (Lipinski definition) is 3. The molecule has 1 heterocycles. The second kappa shape index (κ2) is 4.10. The average Bonchev–Trinajstić information content (AvgIpc) is 2.29. The van der Waals surface area contributed by atoms with Crippen LogP contribution >= 0.6 is 0 Å². The third kappa shape index (κ3) is 1.74. The van der Waals surface area contributed by atoms with Gasteiger partial charge in [-0.25, -0.2) is 0 Å². The topological polar surface area (TPSA) is 59.1 Å². The number of phenolic OH excluding ortho intramolecular Hbond substituents is 1. The van der Waals surface area contributed by atoms with Crippen molar-refractivity contribution < 1.29 is 5.11 Å². The second-order valence-corrected chi connectivity index (χ2v) is 4.34. The van der Waals surface area contributed by atoms with E-state index in [-0.39, 0.29) is 11.8 Å². The fraction of sp³-hybridized carbons (Fsp3) is 0.308. The van der Waals surface area contributed by atoms with Crippen molar-refractivity contribution in [3.05, 3.63) is 36.0 Å². The number of aromatic hydroxyl groups is 1. The zero-order valence-electron chi connectivity index (χ0n) is 9.51. The van der Waals surface area contributed by atoms with E-state index in [1.165, 1.54) is 0 Å². The van der Waals surface area contributed by atoms with Crippen molar-refractivity contribution >= 4 is 10.9 Å². The van der Waals surface area contributed by atoms with Gasteiger partial charge >= 0.3 is 0 Å². The van der Waals surface area contributed by atoms with Crippen molar-refractivity contribution in [2.24, 2.45) is 11.7 Å². The molecule has 3 heteroatoms. The predicted molar refractivity (Wildman–Crippen MR) is 65.2 cm³/mol. The number of aromatic nitrogens is 1. The fourth-order valence-corrected chi connectivity index (χ4v) is 1.81. The highest BCUT2D eigenvalue weighted by Gasteiger charge is 2.15.